The second-order valence-electron chi connectivity index (χ2n) is 8.49. The van der Waals surface area contributed by atoms with Crippen molar-refractivity contribution >= 4 is 22.7 Å². The lowest BCUT2D eigenvalue weighted by Crippen LogP contribution is -2.33. The van der Waals surface area contributed by atoms with Gasteiger partial charge in [-0.3, -0.25) is 9.59 Å². The van der Waals surface area contributed by atoms with Crippen molar-refractivity contribution in [3.63, 3.8) is 0 Å². The maximum Gasteiger partial charge on any atom is 0.290 e. The summed E-state index contributed by atoms with van der Waals surface area (Å²) >= 11 is 0. The number of para-hydroxylation sites is 1. The fourth-order valence-corrected chi connectivity index (χ4v) is 4.61. The van der Waals surface area contributed by atoms with Gasteiger partial charge >= 0.3 is 0 Å². The monoisotopic (exact) mass is 483 g/mol. The Morgan fingerprint density at radius 1 is 0.944 bits per heavy atom. The zero-order valence-electron chi connectivity index (χ0n) is 19.9. The third-order valence-electron chi connectivity index (χ3n) is 6.40. The van der Waals surface area contributed by atoms with Gasteiger partial charge in [0.15, 0.2) is 23.0 Å². The Bertz CT molecular complexity index is 1440. The van der Waals surface area contributed by atoms with E-state index in [0.717, 1.165) is 16.5 Å². The molecule has 1 N–H and O–H groups in total. The molecule has 36 heavy (non-hydrogen) atoms. The first kappa shape index (κ1) is 23.2. The number of hydrogen-bond donors (Lipinski definition) is 1. The maximum absolute atomic E-state index is 13.6. The number of nitrogens with zero attached hydrogens (tertiary/aromatic N) is 1. The van der Waals surface area contributed by atoms with E-state index in [0.29, 0.717) is 23.5 Å². The van der Waals surface area contributed by atoms with Crippen molar-refractivity contribution in [2.24, 2.45) is 0 Å². The summed E-state index contributed by atoms with van der Waals surface area (Å²) < 4.78 is 16.5. The maximum atomic E-state index is 13.6. The summed E-state index contributed by atoms with van der Waals surface area (Å²) in [6.07, 6.45) is 0.481. The molecule has 1 aliphatic heterocycles. The van der Waals surface area contributed by atoms with Crippen LogP contribution in [-0.4, -0.2) is 42.5 Å². The van der Waals surface area contributed by atoms with Crippen molar-refractivity contribution in [2.45, 2.75) is 12.5 Å². The molecule has 0 bridgehead atoms. The smallest absolute Gasteiger partial charge is 0.290 e. The van der Waals surface area contributed by atoms with Crippen molar-refractivity contribution in [2.75, 3.05) is 20.8 Å². The molecule has 1 atom stereocenters. The first-order chi connectivity index (χ1) is 17.5. The minimum atomic E-state index is -0.750. The number of rotatable bonds is 8. The molecule has 1 unspecified atom stereocenters. The quantitative estimate of drug-likeness (QED) is 0.344. The fraction of sp³-hybridized carbons (Fsp3) is 0.172. The Hall–Kier alpha value is -4.52. The van der Waals surface area contributed by atoms with Gasteiger partial charge in [-0.2, -0.15) is 0 Å². The highest BCUT2D eigenvalue weighted by Crippen LogP contribution is 2.40. The largest absolute Gasteiger partial charge is 0.503 e. The van der Waals surface area contributed by atoms with Gasteiger partial charge in [0, 0.05) is 11.9 Å². The summed E-state index contributed by atoms with van der Waals surface area (Å²) in [5, 5.41) is 11.7. The zero-order valence-corrected chi connectivity index (χ0v) is 19.9. The van der Waals surface area contributed by atoms with Crippen LogP contribution in [0.4, 0.5) is 0 Å². The lowest BCUT2D eigenvalue weighted by molar-refractivity contribution is -0.129. The predicted molar refractivity (Wildman–Crippen MR) is 134 cm³/mol. The molecule has 7 heteroatoms. The van der Waals surface area contributed by atoms with Crippen LogP contribution in [0.2, 0.25) is 0 Å². The highest BCUT2D eigenvalue weighted by molar-refractivity contribution is 6.16. The van der Waals surface area contributed by atoms with Crippen LogP contribution < -0.4 is 9.47 Å². The van der Waals surface area contributed by atoms with E-state index in [4.69, 9.17) is 13.9 Å². The van der Waals surface area contributed by atoms with Crippen molar-refractivity contribution in [3.8, 4) is 11.5 Å². The first-order valence-corrected chi connectivity index (χ1v) is 11.5. The van der Waals surface area contributed by atoms with Gasteiger partial charge in [0.25, 0.3) is 5.91 Å². The molecule has 2 heterocycles. The Kier molecular flexibility index (Phi) is 6.21. The van der Waals surface area contributed by atoms with Gasteiger partial charge in [-0.15, -0.1) is 0 Å². The molecule has 1 aromatic heterocycles. The second-order valence-corrected chi connectivity index (χ2v) is 8.49. The number of hydrogen-bond acceptors (Lipinski definition) is 6. The number of ether oxygens (including phenoxy) is 2. The Labute approximate surface area is 208 Å². The predicted octanol–water partition coefficient (Wildman–Crippen LogP) is 5.27. The number of aliphatic hydroxyl groups excluding tert-OH is 1. The number of carbonyl (C=O) groups excluding carboxylic acids is 2. The molecule has 5 rings (SSSR count). The van der Waals surface area contributed by atoms with Gasteiger partial charge in [0.1, 0.15) is 5.58 Å². The van der Waals surface area contributed by atoms with Crippen LogP contribution >= 0.6 is 0 Å². The molecule has 0 saturated heterocycles. The molecule has 0 radical (unpaired) electrons. The lowest BCUT2D eigenvalue weighted by Gasteiger charge is -2.26. The summed E-state index contributed by atoms with van der Waals surface area (Å²) in [5.74, 6) is -0.388. The number of ketones is 1. The van der Waals surface area contributed by atoms with Crippen molar-refractivity contribution in [3.05, 3.63) is 107 Å². The molecule has 3 aromatic carbocycles. The van der Waals surface area contributed by atoms with Crippen LogP contribution in [0.5, 0.6) is 11.5 Å². The second kappa shape index (κ2) is 9.62. The zero-order chi connectivity index (χ0) is 25.2. The molecular weight excluding hydrogens is 458 g/mol. The van der Waals surface area contributed by atoms with Crippen LogP contribution in [0.1, 0.15) is 27.7 Å². The number of carbonyl (C=O) groups is 2. The first-order valence-electron chi connectivity index (χ1n) is 11.5. The average Bonchev–Trinajstić information content (AvgIpc) is 3.46. The molecule has 0 aliphatic carbocycles. The van der Waals surface area contributed by atoms with Crippen LogP contribution in [-0.2, 0) is 11.2 Å². The summed E-state index contributed by atoms with van der Waals surface area (Å²) in [7, 11) is 3.13. The summed E-state index contributed by atoms with van der Waals surface area (Å²) in [5.41, 5.74) is 2.22. The van der Waals surface area contributed by atoms with Gasteiger partial charge in [-0.05, 0) is 41.8 Å². The molecule has 0 saturated carbocycles. The molecule has 1 amide bonds. The fourth-order valence-electron chi connectivity index (χ4n) is 4.61. The van der Waals surface area contributed by atoms with Crippen LogP contribution in [0, 0.1) is 0 Å². The number of Topliss-reactive ketones (excluding diaryl/α,β-unsaturated/α-hetero) is 1. The average molecular weight is 484 g/mol. The van der Waals surface area contributed by atoms with Crippen LogP contribution in [0.3, 0.4) is 0 Å². The third kappa shape index (κ3) is 4.09. The van der Waals surface area contributed by atoms with E-state index in [1.54, 1.807) is 32.4 Å². The minimum Gasteiger partial charge on any atom is -0.503 e. The van der Waals surface area contributed by atoms with Gasteiger partial charge in [0.05, 0.1) is 25.8 Å². The van der Waals surface area contributed by atoms with E-state index >= 15 is 0 Å². The molecule has 0 fully saturated rings. The van der Waals surface area contributed by atoms with E-state index in [9.17, 15) is 14.7 Å². The number of aliphatic hydroxyl groups is 1. The van der Waals surface area contributed by atoms with Crippen molar-refractivity contribution in [1.29, 1.82) is 0 Å². The number of amides is 1. The molecule has 182 valence electrons. The van der Waals surface area contributed by atoms with E-state index < -0.39 is 23.5 Å². The molecular formula is C29H25NO6. The Morgan fingerprint density at radius 2 is 1.67 bits per heavy atom. The van der Waals surface area contributed by atoms with E-state index in [2.05, 4.69) is 0 Å². The number of methoxy groups -OCH3 is 2. The SMILES string of the molecule is COc1ccc(CCN2C(=O)C(O)=C(C(=O)c3cc4ccccc4o3)C2c2ccccc2)cc1OC. The molecule has 7 nitrogen and oxygen atoms in total. The Balaban J connectivity index is 1.49. The normalized spacial score (nSPS) is 15.6. The lowest BCUT2D eigenvalue weighted by atomic mass is 9.95. The third-order valence-corrected chi connectivity index (χ3v) is 6.40. The van der Waals surface area contributed by atoms with E-state index in [1.165, 1.54) is 4.90 Å². The van der Waals surface area contributed by atoms with E-state index in [1.807, 2.05) is 60.7 Å². The van der Waals surface area contributed by atoms with Gasteiger partial charge < -0.3 is 23.9 Å². The standard InChI is InChI=1S/C29H25NO6/c1-34-22-13-12-18(16-23(22)35-2)14-15-30-26(19-8-4-3-5-9-19)25(28(32)29(30)33)27(31)24-17-20-10-6-7-11-21(20)36-24/h3-13,16-17,26,32H,14-15H2,1-2H3. The molecule has 4 aromatic rings. The van der Waals surface area contributed by atoms with Crippen molar-refractivity contribution in [1.82, 2.24) is 4.90 Å². The highest BCUT2D eigenvalue weighted by atomic mass is 16.5. The summed E-state index contributed by atoms with van der Waals surface area (Å²) in [6.45, 7) is 0.273. The van der Waals surface area contributed by atoms with Crippen molar-refractivity contribution < 1.29 is 28.6 Å². The highest BCUT2D eigenvalue weighted by Gasteiger charge is 2.44. The number of furan rings is 1. The topological polar surface area (TPSA) is 89.2 Å². The molecule has 0 spiro atoms. The number of benzene rings is 3. The minimum absolute atomic E-state index is 0.0116. The van der Waals surface area contributed by atoms with Gasteiger partial charge in [-0.1, -0.05) is 54.6 Å². The van der Waals surface area contributed by atoms with E-state index in [-0.39, 0.29) is 17.9 Å². The summed E-state index contributed by atoms with van der Waals surface area (Å²) in [6, 6.07) is 22.9. The van der Waals surface area contributed by atoms with Gasteiger partial charge in [0.2, 0.25) is 5.78 Å². The van der Waals surface area contributed by atoms with Crippen LogP contribution in [0.25, 0.3) is 11.0 Å². The Morgan fingerprint density at radius 3 is 2.39 bits per heavy atom. The number of fused-ring (bicyclic) bond motifs is 1. The van der Waals surface area contributed by atoms with Crippen LogP contribution in [0.15, 0.2) is 94.6 Å². The molecule has 1 aliphatic rings. The summed E-state index contributed by atoms with van der Waals surface area (Å²) in [4.78, 5) is 28.4. The van der Waals surface area contributed by atoms with Gasteiger partial charge in [-0.25, -0.2) is 0 Å².